The summed E-state index contributed by atoms with van der Waals surface area (Å²) in [5.41, 5.74) is 6.03. The number of rotatable bonds is 4. The quantitative estimate of drug-likeness (QED) is 0.561. The lowest BCUT2D eigenvalue weighted by molar-refractivity contribution is 0.139. The van der Waals surface area contributed by atoms with Gasteiger partial charge in [-0.25, -0.2) is 4.79 Å². The monoisotopic (exact) mass is 407 g/mol. The van der Waals surface area contributed by atoms with Gasteiger partial charge < -0.3 is 15.2 Å². The zero-order valence-corrected chi connectivity index (χ0v) is 17.0. The molecule has 0 bridgehead atoms. The molecule has 1 aliphatic rings. The minimum Gasteiger partial charge on any atom is -0.508 e. The number of phenolic OH excluding ortho intramolecular Hbond substituents is 1. The highest BCUT2D eigenvalue weighted by Gasteiger charge is 2.29. The second-order valence-corrected chi connectivity index (χ2v) is 7.76. The van der Waals surface area contributed by atoms with Crippen LogP contribution in [0, 0.1) is 6.92 Å². The fraction of sp³-hybridized carbons (Fsp3) is 0.208. The number of carbonyl (C=O) groups is 1. The van der Waals surface area contributed by atoms with E-state index >= 15 is 0 Å². The van der Waals surface area contributed by atoms with E-state index in [1.165, 1.54) is 11.1 Å². The van der Waals surface area contributed by atoms with Gasteiger partial charge in [-0.3, -0.25) is 0 Å². The molecule has 1 amide bonds. The molecule has 0 aromatic heterocycles. The molecule has 1 aliphatic carbocycles. The minimum absolute atomic E-state index is 0.00526. The first-order chi connectivity index (χ1) is 14.0. The molecule has 0 spiro atoms. The van der Waals surface area contributed by atoms with Crippen LogP contribution in [-0.4, -0.2) is 17.8 Å². The predicted molar refractivity (Wildman–Crippen MR) is 114 cm³/mol. The maximum Gasteiger partial charge on any atom is 0.407 e. The molecule has 1 unspecified atom stereocenters. The molecule has 4 nitrogen and oxygen atoms in total. The van der Waals surface area contributed by atoms with Crippen molar-refractivity contribution in [3.8, 4) is 16.9 Å². The number of benzene rings is 3. The van der Waals surface area contributed by atoms with E-state index in [9.17, 15) is 9.90 Å². The number of aromatic hydroxyl groups is 1. The molecule has 2 N–H and O–H groups in total. The minimum atomic E-state index is -0.532. The summed E-state index contributed by atoms with van der Waals surface area (Å²) >= 11 is 6.15. The number of carbonyl (C=O) groups excluding carboxylic acids is 1. The normalized spacial score (nSPS) is 13.5. The van der Waals surface area contributed by atoms with Gasteiger partial charge in [-0.15, -0.1) is 0 Å². The molecule has 148 valence electrons. The summed E-state index contributed by atoms with van der Waals surface area (Å²) in [6, 6.07) is 19.2. The van der Waals surface area contributed by atoms with E-state index in [1.54, 1.807) is 19.1 Å². The second kappa shape index (κ2) is 7.80. The Morgan fingerprint density at radius 3 is 2.31 bits per heavy atom. The van der Waals surface area contributed by atoms with Crippen molar-refractivity contribution in [3.63, 3.8) is 0 Å². The van der Waals surface area contributed by atoms with E-state index in [4.69, 9.17) is 16.3 Å². The van der Waals surface area contributed by atoms with Crippen LogP contribution in [0.5, 0.6) is 5.75 Å². The molecule has 3 aromatic carbocycles. The molecule has 0 radical (unpaired) electrons. The van der Waals surface area contributed by atoms with Crippen molar-refractivity contribution in [1.29, 1.82) is 0 Å². The molecule has 0 aliphatic heterocycles. The van der Waals surface area contributed by atoms with Crippen LogP contribution < -0.4 is 5.32 Å². The molecule has 0 heterocycles. The molecular weight excluding hydrogens is 386 g/mol. The Morgan fingerprint density at radius 1 is 1.10 bits per heavy atom. The Balaban J connectivity index is 1.46. The summed E-state index contributed by atoms with van der Waals surface area (Å²) in [6.45, 7) is 3.84. The zero-order valence-electron chi connectivity index (χ0n) is 16.3. The van der Waals surface area contributed by atoms with Crippen LogP contribution in [0.2, 0.25) is 5.02 Å². The summed E-state index contributed by atoms with van der Waals surface area (Å²) in [6.07, 6.45) is -0.532. The number of aryl methyl sites for hydroxylation is 1. The van der Waals surface area contributed by atoms with Gasteiger partial charge in [0.1, 0.15) is 12.4 Å². The summed E-state index contributed by atoms with van der Waals surface area (Å²) in [5.74, 6) is 0.101. The van der Waals surface area contributed by atoms with Crippen LogP contribution in [0.3, 0.4) is 0 Å². The van der Waals surface area contributed by atoms with Crippen LogP contribution in [0.15, 0.2) is 60.7 Å². The lowest BCUT2D eigenvalue weighted by Gasteiger charge is -2.18. The highest BCUT2D eigenvalue weighted by atomic mass is 35.5. The third kappa shape index (κ3) is 3.68. The first kappa shape index (κ1) is 19.3. The van der Waals surface area contributed by atoms with E-state index in [-0.39, 0.29) is 18.3 Å². The molecule has 1 atom stereocenters. The lowest BCUT2D eigenvalue weighted by Crippen LogP contribution is -2.28. The van der Waals surface area contributed by atoms with Gasteiger partial charge in [0.05, 0.1) is 6.04 Å². The molecule has 0 fully saturated rings. The number of fused-ring (bicyclic) bond motifs is 3. The average Bonchev–Trinajstić information content (AvgIpc) is 3.03. The van der Waals surface area contributed by atoms with E-state index in [2.05, 4.69) is 29.6 Å². The summed E-state index contributed by atoms with van der Waals surface area (Å²) in [5, 5.41) is 13.5. The van der Waals surface area contributed by atoms with Gasteiger partial charge in [-0.1, -0.05) is 60.1 Å². The average molecular weight is 408 g/mol. The maximum atomic E-state index is 12.4. The van der Waals surface area contributed by atoms with Crippen molar-refractivity contribution in [1.82, 2.24) is 5.32 Å². The molecule has 0 saturated heterocycles. The SMILES string of the molecule is Cc1cc(O)c(C(C)NC(=O)OCC2c3ccccc3-c3ccccc32)cc1Cl. The van der Waals surface area contributed by atoms with E-state index in [0.29, 0.717) is 10.6 Å². The van der Waals surface area contributed by atoms with Crippen LogP contribution in [0.25, 0.3) is 11.1 Å². The Morgan fingerprint density at radius 2 is 1.69 bits per heavy atom. The van der Waals surface area contributed by atoms with Gasteiger partial charge in [0, 0.05) is 16.5 Å². The highest BCUT2D eigenvalue weighted by molar-refractivity contribution is 6.31. The first-order valence-corrected chi connectivity index (χ1v) is 9.94. The van der Waals surface area contributed by atoms with Crippen molar-refractivity contribution in [2.45, 2.75) is 25.8 Å². The largest absolute Gasteiger partial charge is 0.508 e. The fourth-order valence-electron chi connectivity index (χ4n) is 3.92. The lowest BCUT2D eigenvalue weighted by atomic mass is 9.98. The first-order valence-electron chi connectivity index (χ1n) is 9.56. The van der Waals surface area contributed by atoms with Gasteiger partial charge in [-0.2, -0.15) is 0 Å². The van der Waals surface area contributed by atoms with E-state index in [1.807, 2.05) is 31.2 Å². The molecule has 4 rings (SSSR count). The summed E-state index contributed by atoms with van der Waals surface area (Å²) in [4.78, 5) is 12.4. The Hall–Kier alpha value is -2.98. The topological polar surface area (TPSA) is 58.6 Å². The van der Waals surface area contributed by atoms with Crippen molar-refractivity contribution in [3.05, 3.63) is 87.9 Å². The van der Waals surface area contributed by atoms with E-state index in [0.717, 1.165) is 16.7 Å². The molecule has 5 heteroatoms. The van der Waals surface area contributed by atoms with Crippen molar-refractivity contribution >= 4 is 17.7 Å². The molecule has 29 heavy (non-hydrogen) atoms. The van der Waals surface area contributed by atoms with Gasteiger partial charge in [0.25, 0.3) is 0 Å². The third-order valence-corrected chi connectivity index (χ3v) is 5.86. The number of hydrogen-bond acceptors (Lipinski definition) is 3. The van der Waals surface area contributed by atoms with Crippen molar-refractivity contribution in [2.75, 3.05) is 6.61 Å². The van der Waals surface area contributed by atoms with Gasteiger partial charge in [0.2, 0.25) is 0 Å². The third-order valence-electron chi connectivity index (χ3n) is 5.45. The van der Waals surface area contributed by atoms with E-state index < -0.39 is 12.1 Å². The fourth-order valence-corrected chi connectivity index (χ4v) is 4.10. The summed E-state index contributed by atoms with van der Waals surface area (Å²) in [7, 11) is 0. The number of alkyl carbamates (subject to hydrolysis) is 1. The number of amides is 1. The number of hydrogen-bond donors (Lipinski definition) is 2. The Bertz CT molecular complexity index is 1030. The van der Waals surface area contributed by atoms with Crippen LogP contribution >= 0.6 is 11.6 Å². The number of nitrogens with one attached hydrogen (secondary N) is 1. The molecular formula is C24H22ClNO3. The van der Waals surface area contributed by atoms with Gasteiger partial charge in [-0.05, 0) is 53.8 Å². The number of phenols is 1. The maximum absolute atomic E-state index is 12.4. The van der Waals surface area contributed by atoms with Crippen molar-refractivity contribution < 1.29 is 14.6 Å². The number of halogens is 1. The molecule has 3 aromatic rings. The zero-order chi connectivity index (χ0) is 20.5. The Labute approximate surface area is 175 Å². The predicted octanol–water partition coefficient (Wildman–Crippen LogP) is 5.95. The summed E-state index contributed by atoms with van der Waals surface area (Å²) < 4.78 is 5.56. The number of ether oxygens (including phenoxy) is 1. The standard InChI is InChI=1S/C24H22ClNO3/c1-14-11-23(27)20(12-22(14)25)15(2)26-24(28)29-13-21-18-9-5-3-7-16(18)17-8-4-6-10-19(17)21/h3-12,15,21,27H,13H2,1-2H3,(H,26,28). The highest BCUT2D eigenvalue weighted by Crippen LogP contribution is 2.44. The molecule has 0 saturated carbocycles. The van der Waals surface area contributed by atoms with Gasteiger partial charge >= 0.3 is 6.09 Å². The van der Waals surface area contributed by atoms with Crippen LogP contribution in [0.4, 0.5) is 4.79 Å². The second-order valence-electron chi connectivity index (χ2n) is 7.35. The van der Waals surface area contributed by atoms with Gasteiger partial charge in [0.15, 0.2) is 0 Å². The van der Waals surface area contributed by atoms with Crippen LogP contribution in [0.1, 0.15) is 41.1 Å². The van der Waals surface area contributed by atoms with Crippen LogP contribution in [-0.2, 0) is 4.74 Å². The van der Waals surface area contributed by atoms with Crippen molar-refractivity contribution in [2.24, 2.45) is 0 Å². The Kier molecular flexibility index (Phi) is 5.20. The smallest absolute Gasteiger partial charge is 0.407 e.